The van der Waals surface area contributed by atoms with Gasteiger partial charge in [-0.3, -0.25) is 14.2 Å². The number of nitrogens with zero attached hydrogens (tertiary/aromatic N) is 3. The number of amides is 1. The van der Waals surface area contributed by atoms with E-state index in [-0.39, 0.29) is 17.2 Å². The van der Waals surface area contributed by atoms with Crippen molar-refractivity contribution in [2.24, 2.45) is 11.8 Å². The number of carbonyl (C=O) groups excluding carboxylic acids is 1. The maximum absolute atomic E-state index is 13.3. The highest BCUT2D eigenvalue weighted by Gasteiger charge is 2.26. The Balaban J connectivity index is 1.68. The lowest BCUT2D eigenvalue weighted by molar-refractivity contribution is -0.130. The lowest BCUT2D eigenvalue weighted by Gasteiger charge is -2.35. The van der Waals surface area contributed by atoms with Gasteiger partial charge in [0.1, 0.15) is 4.70 Å². The Morgan fingerprint density at radius 2 is 1.83 bits per heavy atom. The molecule has 7 heteroatoms. The van der Waals surface area contributed by atoms with Crippen LogP contribution < -0.4 is 5.56 Å². The average Bonchev–Trinajstić information content (AvgIpc) is 3.13. The van der Waals surface area contributed by atoms with Crippen LogP contribution in [0.3, 0.4) is 0 Å². The second kappa shape index (κ2) is 8.55. The van der Waals surface area contributed by atoms with Gasteiger partial charge in [-0.2, -0.15) is 0 Å². The van der Waals surface area contributed by atoms with Gasteiger partial charge in [-0.05, 0) is 66.8 Å². The molecule has 3 aromatic rings. The number of fused-ring (bicyclic) bond motifs is 1. The topological polar surface area (TPSA) is 55.2 Å². The summed E-state index contributed by atoms with van der Waals surface area (Å²) in [5.74, 6) is 1.45. The number of thioether (sulfide) groups is 1. The summed E-state index contributed by atoms with van der Waals surface area (Å²) in [5, 5.41) is 2.46. The molecule has 1 aromatic carbocycles. The van der Waals surface area contributed by atoms with Crippen molar-refractivity contribution in [3.63, 3.8) is 0 Å². The largest absolute Gasteiger partial charge is 0.341 e. The molecule has 0 unspecified atom stereocenters. The predicted octanol–water partition coefficient (Wildman–Crippen LogP) is 4.66. The summed E-state index contributed by atoms with van der Waals surface area (Å²) < 4.78 is 2.31. The highest BCUT2D eigenvalue weighted by molar-refractivity contribution is 7.99. The molecule has 1 fully saturated rings. The van der Waals surface area contributed by atoms with E-state index < -0.39 is 0 Å². The summed E-state index contributed by atoms with van der Waals surface area (Å²) in [6.45, 7) is 10.1. The number of carbonyl (C=O) groups is 1. The van der Waals surface area contributed by atoms with Crippen LogP contribution in [0.2, 0.25) is 0 Å². The van der Waals surface area contributed by atoms with E-state index in [1.165, 1.54) is 29.5 Å². The maximum atomic E-state index is 13.3. The quantitative estimate of drug-likeness (QED) is 0.436. The van der Waals surface area contributed by atoms with Crippen LogP contribution in [-0.4, -0.2) is 39.2 Å². The normalized spacial score (nSPS) is 19.4. The summed E-state index contributed by atoms with van der Waals surface area (Å²) >= 11 is 2.76. The van der Waals surface area contributed by atoms with Gasteiger partial charge in [0.05, 0.1) is 17.0 Å². The SMILES string of the molecule is Cc1cc(C)cc(-n2c(SCC(=O)N3C[C@H](C)C[C@@H](C)C3)nc3ccsc3c2=O)c1. The summed E-state index contributed by atoms with van der Waals surface area (Å²) in [6, 6.07) is 7.94. The number of benzene rings is 1. The van der Waals surface area contributed by atoms with E-state index in [4.69, 9.17) is 4.98 Å². The summed E-state index contributed by atoms with van der Waals surface area (Å²) in [7, 11) is 0. The fourth-order valence-electron chi connectivity index (χ4n) is 4.38. The zero-order valence-electron chi connectivity index (χ0n) is 17.8. The third kappa shape index (κ3) is 4.32. The molecule has 30 heavy (non-hydrogen) atoms. The molecule has 0 N–H and O–H groups in total. The van der Waals surface area contributed by atoms with Crippen molar-refractivity contribution in [1.29, 1.82) is 0 Å². The molecular formula is C23H27N3O2S2. The molecule has 158 valence electrons. The number of rotatable bonds is 4. The molecule has 5 nitrogen and oxygen atoms in total. The minimum absolute atomic E-state index is 0.0739. The van der Waals surface area contributed by atoms with E-state index in [2.05, 4.69) is 19.9 Å². The Hall–Kier alpha value is -2.12. The van der Waals surface area contributed by atoms with Crippen molar-refractivity contribution < 1.29 is 4.79 Å². The molecule has 1 saturated heterocycles. The second-order valence-electron chi connectivity index (χ2n) is 8.55. The van der Waals surface area contributed by atoms with Crippen LogP contribution in [-0.2, 0) is 4.79 Å². The van der Waals surface area contributed by atoms with Gasteiger partial charge < -0.3 is 4.90 Å². The summed E-state index contributed by atoms with van der Waals surface area (Å²) in [6.07, 6.45) is 1.17. The van der Waals surface area contributed by atoms with Crippen LogP contribution in [0, 0.1) is 25.7 Å². The second-order valence-corrected chi connectivity index (χ2v) is 10.4. The van der Waals surface area contributed by atoms with Crippen molar-refractivity contribution in [2.45, 2.75) is 39.3 Å². The molecule has 1 aliphatic rings. The van der Waals surface area contributed by atoms with Gasteiger partial charge in [-0.1, -0.05) is 31.7 Å². The first kappa shape index (κ1) is 21.1. The van der Waals surface area contributed by atoms with E-state index in [1.54, 1.807) is 4.57 Å². The molecule has 1 aliphatic heterocycles. The zero-order chi connectivity index (χ0) is 21.4. The first-order valence-corrected chi connectivity index (χ1v) is 12.2. The average molecular weight is 442 g/mol. The first-order chi connectivity index (χ1) is 14.3. The van der Waals surface area contributed by atoms with Gasteiger partial charge in [0.15, 0.2) is 5.16 Å². The molecule has 0 aliphatic carbocycles. The third-order valence-corrected chi connectivity index (χ3v) is 7.28. The zero-order valence-corrected chi connectivity index (χ0v) is 19.5. The van der Waals surface area contributed by atoms with Crippen molar-refractivity contribution in [2.75, 3.05) is 18.8 Å². The monoisotopic (exact) mass is 441 g/mol. The Morgan fingerprint density at radius 1 is 1.17 bits per heavy atom. The van der Waals surface area contributed by atoms with E-state index in [0.717, 1.165) is 29.9 Å². The molecule has 0 saturated carbocycles. The van der Waals surface area contributed by atoms with Crippen LogP contribution >= 0.6 is 23.1 Å². The first-order valence-electron chi connectivity index (χ1n) is 10.3. The van der Waals surface area contributed by atoms with Gasteiger partial charge in [0.2, 0.25) is 5.91 Å². The fourth-order valence-corrected chi connectivity index (χ4v) is 6.06. The fraction of sp³-hybridized carbons (Fsp3) is 0.435. The van der Waals surface area contributed by atoms with Gasteiger partial charge in [0, 0.05) is 13.1 Å². The number of aromatic nitrogens is 2. The molecule has 0 bridgehead atoms. The van der Waals surface area contributed by atoms with Crippen LogP contribution in [0.15, 0.2) is 39.6 Å². The number of likely N-dealkylation sites (tertiary alicyclic amines) is 1. The highest BCUT2D eigenvalue weighted by atomic mass is 32.2. The summed E-state index contributed by atoms with van der Waals surface area (Å²) in [4.78, 5) is 32.9. The molecule has 4 rings (SSSR count). The van der Waals surface area contributed by atoms with Gasteiger partial charge in [0.25, 0.3) is 5.56 Å². The maximum Gasteiger partial charge on any atom is 0.276 e. The highest BCUT2D eigenvalue weighted by Crippen LogP contribution is 2.26. The molecular weight excluding hydrogens is 414 g/mol. The predicted molar refractivity (Wildman–Crippen MR) is 125 cm³/mol. The number of hydrogen-bond donors (Lipinski definition) is 0. The number of piperidine rings is 1. The van der Waals surface area contributed by atoms with Crippen molar-refractivity contribution in [3.05, 3.63) is 51.1 Å². The van der Waals surface area contributed by atoms with Crippen molar-refractivity contribution >= 4 is 39.2 Å². The van der Waals surface area contributed by atoms with E-state index >= 15 is 0 Å². The molecule has 2 aromatic heterocycles. The smallest absolute Gasteiger partial charge is 0.276 e. The van der Waals surface area contributed by atoms with E-state index in [9.17, 15) is 9.59 Å². The summed E-state index contributed by atoms with van der Waals surface area (Å²) in [5.41, 5.74) is 3.60. The number of thiophene rings is 1. The van der Waals surface area contributed by atoms with Crippen LogP contribution in [0.4, 0.5) is 0 Å². The van der Waals surface area contributed by atoms with Gasteiger partial charge in [-0.25, -0.2) is 4.98 Å². The minimum Gasteiger partial charge on any atom is -0.341 e. The Kier molecular flexibility index (Phi) is 6.02. The molecule has 0 radical (unpaired) electrons. The van der Waals surface area contributed by atoms with Gasteiger partial charge in [-0.15, -0.1) is 11.3 Å². The van der Waals surface area contributed by atoms with Crippen molar-refractivity contribution in [1.82, 2.24) is 14.5 Å². The Morgan fingerprint density at radius 3 is 2.50 bits per heavy atom. The van der Waals surface area contributed by atoms with Gasteiger partial charge >= 0.3 is 0 Å². The van der Waals surface area contributed by atoms with Crippen LogP contribution in [0.5, 0.6) is 0 Å². The molecule has 0 spiro atoms. The Bertz CT molecular complexity index is 1120. The van der Waals surface area contributed by atoms with E-state index in [1.807, 2.05) is 42.3 Å². The molecule has 2 atom stereocenters. The van der Waals surface area contributed by atoms with E-state index in [0.29, 0.717) is 27.2 Å². The van der Waals surface area contributed by atoms with Crippen LogP contribution in [0.1, 0.15) is 31.4 Å². The molecule has 1 amide bonds. The lowest BCUT2D eigenvalue weighted by Crippen LogP contribution is -2.43. The number of aryl methyl sites for hydroxylation is 2. The Labute approximate surface area is 185 Å². The minimum atomic E-state index is -0.0739. The number of hydrogen-bond acceptors (Lipinski definition) is 5. The lowest BCUT2D eigenvalue weighted by atomic mass is 9.92. The van der Waals surface area contributed by atoms with Crippen molar-refractivity contribution in [3.8, 4) is 5.69 Å². The standard InChI is InChI=1S/C23H27N3O2S2/c1-14-7-15(2)10-18(9-14)26-22(28)21-19(5-6-29-21)24-23(26)30-13-20(27)25-11-16(3)8-17(4)12-25/h5-7,9-10,16-17H,8,11-13H2,1-4H3/t16-,17-/m1/s1. The third-order valence-electron chi connectivity index (χ3n) is 5.46. The van der Waals surface area contributed by atoms with Crippen LogP contribution in [0.25, 0.3) is 15.9 Å². The molecule has 3 heterocycles.